The molecular formula is C82H79N3. The second-order valence-electron chi connectivity index (χ2n) is 21.0. The van der Waals surface area contributed by atoms with Crippen molar-refractivity contribution in [2.75, 3.05) is 9.80 Å². The average molecular weight is 1110 g/mol. The van der Waals surface area contributed by atoms with Crippen molar-refractivity contribution in [2.24, 2.45) is 5.73 Å². The average Bonchev–Trinajstić information content (AvgIpc) is 0.959. The molecule has 422 valence electrons. The van der Waals surface area contributed by atoms with E-state index in [2.05, 4.69) is 298 Å². The Balaban J connectivity index is 0.00000197. The van der Waals surface area contributed by atoms with E-state index in [4.69, 9.17) is 5.73 Å². The Kier molecular flexibility index (Phi) is 19.3. The minimum absolute atomic E-state index is 0.750. The van der Waals surface area contributed by atoms with Crippen LogP contribution in [0.3, 0.4) is 0 Å². The lowest BCUT2D eigenvalue weighted by molar-refractivity contribution is 0.902. The van der Waals surface area contributed by atoms with Gasteiger partial charge in [-0.1, -0.05) is 264 Å². The molecule has 0 atom stereocenters. The summed E-state index contributed by atoms with van der Waals surface area (Å²) in [6.45, 7) is 14.7. The number of anilines is 5. The van der Waals surface area contributed by atoms with Gasteiger partial charge in [0.15, 0.2) is 0 Å². The summed E-state index contributed by atoms with van der Waals surface area (Å²) in [6.07, 6.45) is 29.7. The van der Waals surface area contributed by atoms with Crippen LogP contribution in [0.1, 0.15) is 75.3 Å². The van der Waals surface area contributed by atoms with Crippen LogP contribution in [0.5, 0.6) is 0 Å². The molecule has 0 aliphatic heterocycles. The number of hydrogen-bond acceptors (Lipinski definition) is 3. The van der Waals surface area contributed by atoms with Gasteiger partial charge in [0.1, 0.15) is 0 Å². The summed E-state index contributed by atoms with van der Waals surface area (Å²) >= 11 is 0. The second kappa shape index (κ2) is 28.0. The zero-order chi connectivity index (χ0) is 59.1. The molecule has 2 N–H and O–H groups in total. The van der Waals surface area contributed by atoms with Gasteiger partial charge in [0, 0.05) is 28.0 Å². The van der Waals surface area contributed by atoms with Gasteiger partial charge in [0.25, 0.3) is 0 Å². The number of aryl methyl sites for hydroxylation is 2. The number of allylic oxidation sites excluding steroid dienone is 13. The van der Waals surface area contributed by atoms with Crippen molar-refractivity contribution in [1.29, 1.82) is 0 Å². The lowest BCUT2D eigenvalue weighted by Gasteiger charge is -2.36. The Hall–Kier alpha value is -9.70. The maximum Gasteiger partial charge on any atom is 0.0540 e. The third-order valence-corrected chi connectivity index (χ3v) is 16.3. The van der Waals surface area contributed by atoms with Crippen LogP contribution in [0.2, 0.25) is 0 Å². The van der Waals surface area contributed by atoms with Crippen LogP contribution in [-0.2, 0) is 19.3 Å². The van der Waals surface area contributed by atoms with E-state index >= 15 is 0 Å². The molecule has 12 rings (SSSR count). The van der Waals surface area contributed by atoms with Crippen LogP contribution in [0.15, 0.2) is 291 Å². The van der Waals surface area contributed by atoms with Gasteiger partial charge in [0.2, 0.25) is 0 Å². The molecule has 0 unspecified atom stereocenters. The van der Waals surface area contributed by atoms with E-state index in [1.54, 1.807) is 6.20 Å². The summed E-state index contributed by atoms with van der Waals surface area (Å²) in [4.78, 5) is 5.24. The summed E-state index contributed by atoms with van der Waals surface area (Å²) in [7, 11) is 0. The molecule has 0 bridgehead atoms. The SMILES string of the molecule is CC.CC.C\C=C/C=C\C=C\C1=C(N(c2cccc(-c3ccccc3)c2C)c2cc(C/C=C\C=C/N)c3c4c2ccc2c(-c5ccccc5)cc(N(c5ccccc5-c5ccccc5)c5cccc(-c6ccccc6)c5C)c(c24)CC3)CCC=C1. The van der Waals surface area contributed by atoms with E-state index in [0.717, 1.165) is 43.5 Å². The van der Waals surface area contributed by atoms with E-state index in [0.29, 0.717) is 0 Å². The molecule has 0 radical (unpaired) electrons. The first-order valence-electron chi connectivity index (χ1n) is 30.6. The molecule has 0 spiro atoms. The number of rotatable bonds is 16. The lowest BCUT2D eigenvalue weighted by Crippen LogP contribution is -2.22. The maximum atomic E-state index is 5.97. The van der Waals surface area contributed by atoms with Gasteiger partial charge in [-0.15, -0.1) is 0 Å². The number of hydrogen-bond donors (Lipinski definition) is 1. The molecule has 0 saturated heterocycles. The first-order valence-corrected chi connectivity index (χ1v) is 30.6. The smallest absolute Gasteiger partial charge is 0.0540 e. The van der Waals surface area contributed by atoms with Crippen molar-refractivity contribution >= 4 is 50.0 Å². The quantitative estimate of drug-likeness (QED) is 0.0773. The Morgan fingerprint density at radius 2 is 0.929 bits per heavy atom. The normalized spacial score (nSPS) is 12.9. The van der Waals surface area contributed by atoms with Gasteiger partial charge >= 0.3 is 0 Å². The van der Waals surface area contributed by atoms with Crippen LogP contribution < -0.4 is 15.5 Å². The number of nitrogens with zero attached hydrogens (tertiary/aromatic N) is 2. The van der Waals surface area contributed by atoms with Gasteiger partial charge in [-0.05, 0) is 184 Å². The first-order chi connectivity index (χ1) is 42.0. The Bertz CT molecular complexity index is 4160. The van der Waals surface area contributed by atoms with Crippen molar-refractivity contribution in [2.45, 2.75) is 80.6 Å². The molecule has 10 aromatic rings. The summed E-state index contributed by atoms with van der Waals surface area (Å²) in [6, 6.07) is 76.3. The predicted octanol–water partition coefficient (Wildman–Crippen LogP) is 22.9. The van der Waals surface area contributed by atoms with Crippen LogP contribution >= 0.6 is 0 Å². The molecule has 2 aliphatic rings. The largest absolute Gasteiger partial charge is 0.405 e. The fraction of sp³-hybridized carbons (Fsp3) is 0.146. The summed E-state index contributed by atoms with van der Waals surface area (Å²) in [5.41, 5.74) is 30.4. The Morgan fingerprint density at radius 3 is 1.54 bits per heavy atom. The standard InChI is InChI=1S/C78H67N3.2C2H6/c1-4-5-6-7-13-38-61-39-23-25-44-73(61)80(71-46-28-42-63(55(71)2)57-30-14-8-15-31-57)75-53-62(40-22-12-27-52-79)66-48-50-69-76(54-70(60-36-20-11-21-37-60)67-49-51-68(75)77(66)78(67)69)81(74-45-26-24-41-65(74)59-34-18-10-19-35-59)72-47-29-43-64(56(72)3)58-32-16-9-17-33-58;2*1-2/h4-24,26-39,41-43,45-47,49,51-54H,25,40,44,48,50,79H2,1-3H3;2*1-2H3/b5-4-,7-6-,22-12-,38-13+,52-27-;;. The molecule has 3 nitrogen and oxygen atoms in total. The highest BCUT2D eigenvalue weighted by Crippen LogP contribution is 2.54. The summed E-state index contributed by atoms with van der Waals surface area (Å²) in [5, 5.41) is 5.15. The Morgan fingerprint density at radius 1 is 0.424 bits per heavy atom. The zero-order valence-electron chi connectivity index (χ0n) is 50.6. The Labute approximate surface area is 506 Å². The fourth-order valence-electron chi connectivity index (χ4n) is 12.5. The highest BCUT2D eigenvalue weighted by atomic mass is 15.2. The van der Waals surface area contributed by atoms with E-state index in [-0.39, 0.29) is 0 Å². The molecule has 85 heavy (non-hydrogen) atoms. The predicted molar refractivity (Wildman–Crippen MR) is 371 cm³/mol. The first kappa shape index (κ1) is 58.5. The van der Waals surface area contributed by atoms with E-state index < -0.39 is 0 Å². The molecule has 0 heterocycles. The molecular weight excluding hydrogens is 1030 g/mol. The van der Waals surface area contributed by atoms with Crippen molar-refractivity contribution in [3.05, 3.63) is 318 Å². The summed E-state index contributed by atoms with van der Waals surface area (Å²) in [5.74, 6) is 0. The maximum absolute atomic E-state index is 5.97. The summed E-state index contributed by atoms with van der Waals surface area (Å²) < 4.78 is 0. The van der Waals surface area contributed by atoms with Crippen LogP contribution in [0.25, 0.3) is 66.1 Å². The molecule has 10 aromatic carbocycles. The molecule has 2 aliphatic carbocycles. The zero-order valence-corrected chi connectivity index (χ0v) is 50.6. The van der Waals surface area contributed by atoms with E-state index in [1.807, 2.05) is 33.8 Å². The third-order valence-electron chi connectivity index (χ3n) is 16.3. The lowest BCUT2D eigenvalue weighted by atomic mass is 9.79. The topological polar surface area (TPSA) is 32.5 Å². The highest BCUT2D eigenvalue weighted by molar-refractivity contribution is 6.21. The van der Waals surface area contributed by atoms with Crippen LogP contribution in [-0.4, -0.2) is 0 Å². The van der Waals surface area contributed by atoms with Crippen molar-refractivity contribution < 1.29 is 0 Å². The van der Waals surface area contributed by atoms with E-state index in [1.165, 1.54) is 122 Å². The molecule has 0 fully saturated rings. The minimum Gasteiger partial charge on any atom is -0.405 e. The van der Waals surface area contributed by atoms with Crippen LogP contribution in [0, 0.1) is 13.8 Å². The third kappa shape index (κ3) is 12.1. The second-order valence-corrected chi connectivity index (χ2v) is 21.0. The number of para-hydroxylation sites is 1. The van der Waals surface area contributed by atoms with Crippen molar-refractivity contribution in [3.8, 4) is 44.5 Å². The molecule has 0 saturated carbocycles. The van der Waals surface area contributed by atoms with Gasteiger partial charge in [-0.3, -0.25) is 0 Å². The molecule has 0 aromatic heterocycles. The van der Waals surface area contributed by atoms with Gasteiger partial charge < -0.3 is 15.5 Å². The number of benzene rings is 10. The van der Waals surface area contributed by atoms with Crippen molar-refractivity contribution in [3.63, 3.8) is 0 Å². The van der Waals surface area contributed by atoms with E-state index in [9.17, 15) is 0 Å². The fourth-order valence-corrected chi connectivity index (χ4v) is 12.5. The highest BCUT2D eigenvalue weighted by Gasteiger charge is 2.32. The molecule has 3 heteroatoms. The number of nitrogens with two attached hydrogens (primary N) is 1. The monoisotopic (exact) mass is 1110 g/mol. The molecule has 0 amide bonds. The van der Waals surface area contributed by atoms with Crippen molar-refractivity contribution in [1.82, 2.24) is 0 Å². The van der Waals surface area contributed by atoms with Gasteiger partial charge in [-0.2, -0.15) is 0 Å². The minimum atomic E-state index is 0.750. The van der Waals surface area contributed by atoms with Crippen LogP contribution in [0.4, 0.5) is 28.4 Å². The van der Waals surface area contributed by atoms with Gasteiger partial charge in [0.05, 0.1) is 17.1 Å². The van der Waals surface area contributed by atoms with Gasteiger partial charge in [-0.25, -0.2) is 0 Å².